The molecule has 0 aliphatic heterocycles. The second kappa shape index (κ2) is 3.56. The van der Waals surface area contributed by atoms with E-state index in [1.54, 1.807) is 6.20 Å². The Hall–Kier alpha value is -0.380. The van der Waals surface area contributed by atoms with Crippen molar-refractivity contribution < 1.29 is 9.48 Å². The lowest BCUT2D eigenvalue weighted by atomic mass is 10.3. The van der Waals surface area contributed by atoms with Gasteiger partial charge in [-0.25, -0.2) is 0 Å². The minimum absolute atomic E-state index is 0.280. The Balaban J connectivity index is 4.33. The smallest absolute Gasteiger partial charge is 0.175 e. The molecule has 0 aromatic heterocycles. The van der Waals surface area contributed by atoms with Crippen LogP contribution < -0.4 is 0 Å². The van der Waals surface area contributed by atoms with Gasteiger partial charge in [0.1, 0.15) is 20.3 Å². The lowest BCUT2D eigenvalue weighted by Crippen LogP contribution is -2.50. The number of quaternary nitrogens is 1. The molecular weight excluding hydrogens is 152 g/mol. The summed E-state index contributed by atoms with van der Waals surface area (Å²) in [5, 5.41) is 0. The largest absolute Gasteiger partial charge is 0.277 e. The average molecular weight is 173 g/mol. The predicted octanol–water partition coefficient (Wildman–Crippen LogP) is 1.44. The van der Waals surface area contributed by atoms with Crippen LogP contribution in [0, 0.1) is 0 Å². The Morgan fingerprint density at radius 2 is 1.75 bits per heavy atom. The molecule has 0 spiro atoms. The summed E-state index contributed by atoms with van der Waals surface area (Å²) in [4.78, 5) is 7.81. The summed E-state index contributed by atoms with van der Waals surface area (Å²) in [6.45, 7) is 7.75. The van der Waals surface area contributed by atoms with Crippen molar-refractivity contribution in [3.63, 3.8) is 0 Å². The molecule has 0 N–H and O–H groups in total. The first kappa shape index (κ1) is 11.6. The van der Waals surface area contributed by atoms with Gasteiger partial charge in [-0.1, -0.05) is 0 Å². The molecule has 0 saturated carbocycles. The maximum atomic E-state index is 5.78. The van der Waals surface area contributed by atoms with Crippen LogP contribution in [0.15, 0.2) is 12.8 Å². The molecule has 0 radical (unpaired) electrons. The minimum atomic E-state index is -0.280. The van der Waals surface area contributed by atoms with E-state index in [0.29, 0.717) is 4.65 Å². The summed E-state index contributed by atoms with van der Waals surface area (Å²) in [6, 6.07) is 0. The lowest BCUT2D eigenvalue weighted by Gasteiger charge is -2.36. The van der Waals surface area contributed by atoms with E-state index < -0.39 is 0 Å². The fourth-order valence-electron chi connectivity index (χ4n) is 0.695. The molecule has 72 valence electrons. The lowest BCUT2D eigenvalue weighted by molar-refractivity contribution is -1.05. The van der Waals surface area contributed by atoms with Gasteiger partial charge in [-0.2, -0.15) is 9.48 Å². The van der Waals surface area contributed by atoms with Gasteiger partial charge in [-0.05, 0) is 34.5 Å². The molecule has 0 amide bonds. The van der Waals surface area contributed by atoms with E-state index in [1.807, 2.05) is 46.9 Å². The molecule has 0 bridgehead atoms. The van der Waals surface area contributed by atoms with Gasteiger partial charge in [-0.3, -0.25) is 4.90 Å². The van der Waals surface area contributed by atoms with Gasteiger partial charge in [0, 0.05) is 0 Å². The molecule has 0 aromatic rings. The van der Waals surface area contributed by atoms with E-state index in [-0.39, 0.29) is 5.72 Å². The van der Waals surface area contributed by atoms with Crippen molar-refractivity contribution in [1.82, 2.24) is 4.90 Å². The summed E-state index contributed by atoms with van der Waals surface area (Å²) in [5.41, 5.74) is -0.280. The van der Waals surface area contributed by atoms with Gasteiger partial charge in [0.2, 0.25) is 0 Å². The third-order valence-corrected chi connectivity index (χ3v) is 1.98. The normalized spacial score (nSPS) is 13.6. The Kier molecular flexibility index (Phi) is 3.45. The van der Waals surface area contributed by atoms with Crippen LogP contribution in [-0.4, -0.2) is 43.5 Å². The highest BCUT2D eigenvalue weighted by atomic mass is 16.7. The molecule has 12 heavy (non-hydrogen) atoms. The number of rotatable bonds is 4. The maximum Gasteiger partial charge on any atom is 0.175 e. The molecule has 0 aliphatic carbocycles. The Labute approximate surface area is 75.8 Å². The van der Waals surface area contributed by atoms with Crippen molar-refractivity contribution in [2.45, 2.75) is 19.6 Å². The molecule has 0 unspecified atom stereocenters. The van der Waals surface area contributed by atoms with Gasteiger partial charge in [0.05, 0.1) is 0 Å². The van der Waals surface area contributed by atoms with Crippen molar-refractivity contribution >= 4 is 0 Å². The zero-order valence-electron chi connectivity index (χ0n) is 9.09. The van der Waals surface area contributed by atoms with Crippen molar-refractivity contribution in [3.05, 3.63) is 12.8 Å². The van der Waals surface area contributed by atoms with Crippen molar-refractivity contribution in [2.24, 2.45) is 0 Å². The average Bonchev–Trinajstić information content (AvgIpc) is 1.85. The topological polar surface area (TPSA) is 12.5 Å². The van der Waals surface area contributed by atoms with Gasteiger partial charge >= 0.3 is 0 Å². The van der Waals surface area contributed by atoms with Crippen LogP contribution in [0.1, 0.15) is 13.8 Å². The minimum Gasteiger partial charge on any atom is -0.277 e. The number of nitrogens with zero attached hydrogens (tertiary/aromatic N) is 2. The van der Waals surface area contributed by atoms with Gasteiger partial charge in [-0.15, -0.1) is 0 Å². The first-order valence-corrected chi connectivity index (χ1v) is 4.07. The molecule has 0 aromatic carbocycles. The van der Waals surface area contributed by atoms with Crippen LogP contribution in [-0.2, 0) is 4.84 Å². The Morgan fingerprint density at radius 1 is 1.33 bits per heavy atom. The first-order valence-electron chi connectivity index (χ1n) is 4.07. The molecule has 0 saturated heterocycles. The summed E-state index contributed by atoms with van der Waals surface area (Å²) in [6.07, 6.45) is 1.76. The molecule has 0 fully saturated rings. The zero-order valence-corrected chi connectivity index (χ0v) is 9.09. The summed E-state index contributed by atoms with van der Waals surface area (Å²) in [5.74, 6) is 0. The van der Waals surface area contributed by atoms with E-state index in [2.05, 4.69) is 6.58 Å². The molecule has 0 aliphatic rings. The number of hydroxylamine groups is 3. The van der Waals surface area contributed by atoms with Crippen molar-refractivity contribution in [3.8, 4) is 0 Å². The van der Waals surface area contributed by atoms with Crippen molar-refractivity contribution in [2.75, 3.05) is 28.2 Å². The summed E-state index contributed by atoms with van der Waals surface area (Å²) < 4.78 is 0.352. The predicted molar refractivity (Wildman–Crippen MR) is 51.2 cm³/mol. The Morgan fingerprint density at radius 3 is 2.00 bits per heavy atom. The van der Waals surface area contributed by atoms with Gasteiger partial charge in [0.15, 0.2) is 5.72 Å². The van der Waals surface area contributed by atoms with E-state index >= 15 is 0 Å². The van der Waals surface area contributed by atoms with Crippen LogP contribution in [0.3, 0.4) is 0 Å². The molecule has 0 atom stereocenters. The molecule has 3 nitrogen and oxygen atoms in total. The van der Waals surface area contributed by atoms with Crippen LogP contribution >= 0.6 is 0 Å². The summed E-state index contributed by atoms with van der Waals surface area (Å²) >= 11 is 0. The number of hydrogen-bond donors (Lipinski definition) is 0. The molecule has 3 heteroatoms. The van der Waals surface area contributed by atoms with E-state index in [0.717, 1.165) is 0 Å². The fourth-order valence-corrected chi connectivity index (χ4v) is 0.695. The molecular formula is C9H21N2O+. The highest BCUT2D eigenvalue weighted by Crippen LogP contribution is 2.17. The van der Waals surface area contributed by atoms with E-state index in [9.17, 15) is 0 Å². The second-order valence-electron chi connectivity index (χ2n) is 4.05. The standard InChI is InChI=1S/C9H21N2O/c1-8-11(6,7)12-9(2,3)10(4)5/h8H,1H2,2-7H3/q+1. The van der Waals surface area contributed by atoms with Crippen LogP contribution in [0.4, 0.5) is 0 Å². The van der Waals surface area contributed by atoms with E-state index in [4.69, 9.17) is 4.84 Å². The highest BCUT2D eigenvalue weighted by molar-refractivity contribution is 4.62. The highest BCUT2D eigenvalue weighted by Gasteiger charge is 2.30. The maximum absolute atomic E-state index is 5.78. The zero-order chi connectivity index (χ0) is 9.99. The van der Waals surface area contributed by atoms with E-state index in [1.165, 1.54) is 0 Å². The SMILES string of the molecule is C=C[N+](C)(C)OC(C)(C)N(C)C. The second-order valence-corrected chi connectivity index (χ2v) is 4.05. The van der Waals surface area contributed by atoms with Crippen LogP contribution in [0.25, 0.3) is 0 Å². The molecule has 0 rings (SSSR count). The van der Waals surface area contributed by atoms with Crippen LogP contribution in [0.2, 0.25) is 0 Å². The van der Waals surface area contributed by atoms with Gasteiger partial charge < -0.3 is 0 Å². The monoisotopic (exact) mass is 173 g/mol. The van der Waals surface area contributed by atoms with Gasteiger partial charge in [0.25, 0.3) is 0 Å². The Bertz CT molecular complexity index is 162. The third-order valence-electron chi connectivity index (χ3n) is 1.98. The quantitative estimate of drug-likeness (QED) is 0.362. The number of hydrogen-bond acceptors (Lipinski definition) is 2. The molecule has 0 heterocycles. The van der Waals surface area contributed by atoms with Crippen LogP contribution in [0.5, 0.6) is 0 Å². The fraction of sp³-hybridized carbons (Fsp3) is 0.778. The third kappa shape index (κ3) is 3.34. The first-order chi connectivity index (χ1) is 5.21. The summed E-state index contributed by atoms with van der Waals surface area (Å²) in [7, 11) is 7.86. The van der Waals surface area contributed by atoms with Crippen molar-refractivity contribution in [1.29, 1.82) is 0 Å².